The number of ether oxygens (including phenoxy) is 1. The smallest absolute Gasteiger partial charge is 0.336 e. The Morgan fingerprint density at radius 1 is 1.26 bits per heavy atom. The molecule has 1 unspecified atom stereocenters. The molecule has 0 spiro atoms. The van der Waals surface area contributed by atoms with E-state index in [4.69, 9.17) is 15.7 Å². The van der Waals surface area contributed by atoms with E-state index in [1.165, 1.54) is 0 Å². The summed E-state index contributed by atoms with van der Waals surface area (Å²) in [5.41, 5.74) is 7.50. The predicted molar refractivity (Wildman–Crippen MR) is 101 cm³/mol. The van der Waals surface area contributed by atoms with E-state index in [9.17, 15) is 14.9 Å². The highest BCUT2D eigenvalue weighted by molar-refractivity contribution is 8.03. The second-order valence-electron chi connectivity index (χ2n) is 5.66. The quantitative estimate of drug-likeness (QED) is 0.720. The maximum absolute atomic E-state index is 12.6. The average molecular weight is 382 g/mol. The van der Waals surface area contributed by atoms with Crippen LogP contribution in [-0.2, 0) is 14.3 Å². The second kappa shape index (κ2) is 8.93. The van der Waals surface area contributed by atoms with E-state index < -0.39 is 17.8 Å². The Hall–Kier alpha value is -3.23. The minimum absolute atomic E-state index is 0.00434. The number of benzene rings is 1. The SMILES string of the molecule is CCOC(=O)C1=C(C)NC(SCC(N)=O)=C(C#N)C1c1ccc(C#N)cc1. The molecule has 7 nitrogen and oxygen atoms in total. The van der Waals surface area contributed by atoms with Gasteiger partial charge in [0.15, 0.2) is 0 Å². The summed E-state index contributed by atoms with van der Waals surface area (Å²) in [6.07, 6.45) is 0. The third kappa shape index (κ3) is 4.49. The Labute approximate surface area is 161 Å². The number of amides is 1. The van der Waals surface area contributed by atoms with Crippen LogP contribution in [0, 0.1) is 22.7 Å². The van der Waals surface area contributed by atoms with Gasteiger partial charge in [-0.3, -0.25) is 4.79 Å². The highest BCUT2D eigenvalue weighted by atomic mass is 32.2. The van der Waals surface area contributed by atoms with Crippen molar-refractivity contribution in [2.24, 2.45) is 5.73 Å². The lowest BCUT2D eigenvalue weighted by Gasteiger charge is -2.29. The zero-order valence-corrected chi connectivity index (χ0v) is 15.7. The zero-order chi connectivity index (χ0) is 20.0. The number of primary amides is 1. The molecule has 27 heavy (non-hydrogen) atoms. The van der Waals surface area contributed by atoms with Crippen LogP contribution in [-0.4, -0.2) is 24.2 Å². The first-order valence-electron chi connectivity index (χ1n) is 8.13. The second-order valence-corrected chi connectivity index (χ2v) is 6.65. The van der Waals surface area contributed by atoms with Gasteiger partial charge < -0.3 is 15.8 Å². The highest BCUT2D eigenvalue weighted by Crippen LogP contribution is 2.40. The van der Waals surface area contributed by atoms with Gasteiger partial charge in [0.1, 0.15) is 0 Å². The van der Waals surface area contributed by atoms with Crippen LogP contribution >= 0.6 is 11.8 Å². The maximum Gasteiger partial charge on any atom is 0.336 e. The van der Waals surface area contributed by atoms with Crippen LogP contribution < -0.4 is 11.1 Å². The van der Waals surface area contributed by atoms with Crippen LogP contribution in [0.5, 0.6) is 0 Å². The minimum atomic E-state index is -0.668. The summed E-state index contributed by atoms with van der Waals surface area (Å²) in [5, 5.41) is 22.3. The number of carbonyl (C=O) groups is 2. The van der Waals surface area contributed by atoms with Crippen molar-refractivity contribution >= 4 is 23.6 Å². The molecular formula is C19H18N4O3S. The standard InChI is InChI=1S/C19H18N4O3S/c1-3-26-19(25)16-11(2)23-18(27-10-15(22)24)14(9-21)17(16)13-6-4-12(8-20)5-7-13/h4-7,17,23H,3,10H2,1-2H3,(H2,22,24). The molecule has 0 saturated heterocycles. The van der Waals surface area contributed by atoms with Crippen molar-refractivity contribution in [1.82, 2.24) is 5.32 Å². The molecule has 0 aliphatic carbocycles. The Balaban J connectivity index is 2.59. The van der Waals surface area contributed by atoms with Gasteiger partial charge in [0.25, 0.3) is 0 Å². The van der Waals surface area contributed by atoms with Gasteiger partial charge in [-0.05, 0) is 31.5 Å². The van der Waals surface area contributed by atoms with Gasteiger partial charge in [-0.15, -0.1) is 0 Å². The molecule has 3 N–H and O–H groups in total. The van der Waals surface area contributed by atoms with E-state index in [1.54, 1.807) is 38.1 Å². The predicted octanol–water partition coefficient (Wildman–Crippen LogP) is 2.04. The maximum atomic E-state index is 12.6. The number of nitrogens with one attached hydrogen (secondary N) is 1. The Bertz CT molecular complexity index is 904. The number of hydrogen-bond donors (Lipinski definition) is 2. The van der Waals surface area contributed by atoms with Gasteiger partial charge in [-0.2, -0.15) is 10.5 Å². The molecule has 0 bridgehead atoms. The fourth-order valence-electron chi connectivity index (χ4n) is 2.73. The van der Waals surface area contributed by atoms with Gasteiger partial charge in [0, 0.05) is 5.70 Å². The topological polar surface area (TPSA) is 129 Å². The summed E-state index contributed by atoms with van der Waals surface area (Å²) >= 11 is 1.11. The molecule has 1 aliphatic rings. The van der Waals surface area contributed by atoms with Gasteiger partial charge >= 0.3 is 5.97 Å². The third-order valence-corrected chi connectivity index (χ3v) is 4.91. The lowest BCUT2D eigenvalue weighted by atomic mass is 9.82. The number of dihydropyridines is 1. The van der Waals surface area contributed by atoms with E-state index >= 15 is 0 Å². The van der Waals surface area contributed by atoms with Crippen LogP contribution in [0.3, 0.4) is 0 Å². The molecule has 138 valence electrons. The molecular weight excluding hydrogens is 364 g/mol. The van der Waals surface area contributed by atoms with E-state index in [0.29, 0.717) is 33.0 Å². The number of carbonyl (C=O) groups excluding carboxylic acids is 2. The minimum Gasteiger partial charge on any atom is -0.463 e. The zero-order valence-electron chi connectivity index (χ0n) is 14.9. The molecule has 8 heteroatoms. The molecule has 1 amide bonds. The molecule has 0 radical (unpaired) electrons. The van der Waals surface area contributed by atoms with Gasteiger partial charge in [-0.1, -0.05) is 23.9 Å². The van der Waals surface area contributed by atoms with Crippen LogP contribution in [0.1, 0.15) is 30.9 Å². The van der Waals surface area contributed by atoms with Gasteiger partial charge in [0.05, 0.1) is 52.2 Å². The van der Waals surface area contributed by atoms with Crippen molar-refractivity contribution < 1.29 is 14.3 Å². The molecule has 0 aromatic heterocycles. The lowest BCUT2D eigenvalue weighted by Crippen LogP contribution is -2.29. The van der Waals surface area contributed by atoms with Crippen molar-refractivity contribution in [3.63, 3.8) is 0 Å². The van der Waals surface area contributed by atoms with E-state index in [-0.39, 0.29) is 12.4 Å². The van der Waals surface area contributed by atoms with Crippen LogP contribution in [0.15, 0.2) is 46.1 Å². The average Bonchev–Trinajstić information content (AvgIpc) is 2.65. The Morgan fingerprint density at radius 2 is 1.93 bits per heavy atom. The van der Waals surface area contributed by atoms with E-state index in [0.717, 1.165) is 11.8 Å². The van der Waals surface area contributed by atoms with E-state index in [1.807, 2.05) is 6.07 Å². The third-order valence-electron chi connectivity index (χ3n) is 3.87. The molecule has 1 atom stereocenters. The number of rotatable bonds is 6. The number of hydrogen-bond acceptors (Lipinski definition) is 7. The summed E-state index contributed by atoms with van der Waals surface area (Å²) in [7, 11) is 0. The normalized spacial score (nSPS) is 16.2. The first-order chi connectivity index (χ1) is 12.9. The number of nitrogens with two attached hydrogens (primary N) is 1. The molecule has 1 heterocycles. The fraction of sp³-hybridized carbons (Fsp3) is 0.263. The van der Waals surface area contributed by atoms with Crippen molar-refractivity contribution in [2.75, 3.05) is 12.4 Å². The number of thioether (sulfide) groups is 1. The van der Waals surface area contributed by atoms with Gasteiger partial charge in [0.2, 0.25) is 5.91 Å². The molecule has 2 rings (SSSR count). The van der Waals surface area contributed by atoms with Gasteiger partial charge in [-0.25, -0.2) is 4.79 Å². The van der Waals surface area contributed by atoms with Crippen molar-refractivity contribution in [1.29, 1.82) is 10.5 Å². The summed E-state index contributed by atoms with van der Waals surface area (Å²) in [6, 6.07) is 10.8. The number of allylic oxidation sites excluding steroid dienone is 2. The van der Waals surface area contributed by atoms with Crippen LogP contribution in [0.2, 0.25) is 0 Å². The van der Waals surface area contributed by atoms with E-state index in [2.05, 4.69) is 11.4 Å². The van der Waals surface area contributed by atoms with Crippen molar-refractivity contribution in [2.45, 2.75) is 19.8 Å². The summed E-state index contributed by atoms with van der Waals surface area (Å²) in [4.78, 5) is 23.7. The first kappa shape index (κ1) is 20.1. The van der Waals surface area contributed by atoms with Crippen LogP contribution in [0.25, 0.3) is 0 Å². The summed E-state index contributed by atoms with van der Waals surface area (Å²) in [5.74, 6) is -1.71. The largest absolute Gasteiger partial charge is 0.463 e. The Kier molecular flexibility index (Phi) is 6.64. The molecule has 1 aliphatic heterocycles. The Morgan fingerprint density at radius 3 is 2.44 bits per heavy atom. The molecule has 0 fully saturated rings. The highest BCUT2D eigenvalue weighted by Gasteiger charge is 2.35. The van der Waals surface area contributed by atoms with Crippen LogP contribution in [0.4, 0.5) is 0 Å². The number of esters is 1. The fourth-order valence-corrected chi connectivity index (χ4v) is 3.56. The van der Waals surface area contributed by atoms with Crippen molar-refractivity contribution in [3.8, 4) is 12.1 Å². The molecule has 1 aromatic rings. The van der Waals surface area contributed by atoms with Crippen molar-refractivity contribution in [3.05, 3.63) is 57.3 Å². The lowest BCUT2D eigenvalue weighted by molar-refractivity contribution is -0.138. The summed E-state index contributed by atoms with van der Waals surface area (Å²) in [6.45, 7) is 3.61. The molecule has 1 aromatic carbocycles. The number of nitriles is 2. The number of nitrogens with zero attached hydrogens (tertiary/aromatic N) is 2. The summed E-state index contributed by atoms with van der Waals surface area (Å²) < 4.78 is 5.17. The monoisotopic (exact) mass is 382 g/mol. The molecule has 0 saturated carbocycles. The first-order valence-corrected chi connectivity index (χ1v) is 9.11.